The molecule has 122 valence electrons. The van der Waals surface area contributed by atoms with Crippen LogP contribution in [0.15, 0.2) is 12.1 Å². The fraction of sp³-hybridized carbons (Fsp3) is 0.588. The molecule has 2 rings (SSSR count). The number of benzene rings is 1. The van der Waals surface area contributed by atoms with Crippen molar-refractivity contribution in [1.29, 1.82) is 0 Å². The third kappa shape index (κ3) is 4.54. The summed E-state index contributed by atoms with van der Waals surface area (Å²) in [7, 11) is 0. The van der Waals surface area contributed by atoms with Crippen molar-refractivity contribution in [3.05, 3.63) is 22.7 Å². The van der Waals surface area contributed by atoms with Gasteiger partial charge in [0, 0.05) is 11.6 Å². The van der Waals surface area contributed by atoms with E-state index in [4.69, 9.17) is 16.3 Å². The second-order valence-electron chi connectivity index (χ2n) is 5.75. The molecular formula is C17H24ClNO3. The summed E-state index contributed by atoms with van der Waals surface area (Å²) in [6.45, 7) is 2.21. The Morgan fingerprint density at radius 2 is 1.91 bits per heavy atom. The van der Waals surface area contributed by atoms with Gasteiger partial charge in [0.05, 0.1) is 11.6 Å². The molecule has 0 heterocycles. The smallest absolute Gasteiger partial charge is 0.251 e. The highest BCUT2D eigenvalue weighted by Crippen LogP contribution is 2.35. The highest BCUT2D eigenvalue weighted by molar-refractivity contribution is 6.32. The van der Waals surface area contributed by atoms with Gasteiger partial charge >= 0.3 is 0 Å². The van der Waals surface area contributed by atoms with Crippen LogP contribution >= 0.6 is 11.6 Å². The van der Waals surface area contributed by atoms with Gasteiger partial charge in [0.15, 0.2) is 11.5 Å². The standard InChI is InChI=1S/C17H24ClNO3/c1-2-22-15-11-12(10-14(18)16(15)20)17(21)19-13-8-6-4-3-5-7-9-13/h10-11,13,20H,2-9H2,1H3,(H,19,21). The Morgan fingerprint density at radius 3 is 2.55 bits per heavy atom. The molecule has 0 aromatic heterocycles. The van der Waals surface area contributed by atoms with E-state index in [0.717, 1.165) is 25.7 Å². The number of carbonyl (C=O) groups excluding carboxylic acids is 1. The summed E-state index contributed by atoms with van der Waals surface area (Å²) >= 11 is 5.98. The molecule has 1 aliphatic carbocycles. The molecule has 1 fully saturated rings. The maximum atomic E-state index is 12.4. The average Bonchev–Trinajstić information content (AvgIpc) is 2.46. The van der Waals surface area contributed by atoms with Gasteiger partial charge in [0.25, 0.3) is 5.91 Å². The van der Waals surface area contributed by atoms with Crippen LogP contribution in [0.25, 0.3) is 0 Å². The molecule has 1 aromatic rings. The Morgan fingerprint density at radius 1 is 1.27 bits per heavy atom. The second-order valence-corrected chi connectivity index (χ2v) is 6.16. The van der Waals surface area contributed by atoms with Gasteiger partial charge in [-0.05, 0) is 31.9 Å². The minimum absolute atomic E-state index is 0.119. The van der Waals surface area contributed by atoms with Crippen LogP contribution in [0.1, 0.15) is 62.2 Å². The molecule has 0 unspecified atom stereocenters. The van der Waals surface area contributed by atoms with Crippen molar-refractivity contribution < 1.29 is 14.6 Å². The third-order valence-electron chi connectivity index (χ3n) is 4.03. The molecule has 0 atom stereocenters. The predicted octanol–water partition coefficient (Wildman–Crippen LogP) is 4.29. The number of aromatic hydroxyl groups is 1. The molecule has 5 heteroatoms. The number of halogens is 1. The van der Waals surface area contributed by atoms with Gasteiger partial charge in [-0.2, -0.15) is 0 Å². The topological polar surface area (TPSA) is 58.6 Å². The minimum atomic E-state index is -0.159. The third-order valence-corrected chi connectivity index (χ3v) is 4.32. The minimum Gasteiger partial charge on any atom is -0.503 e. The Bertz CT molecular complexity index is 511. The number of phenolic OH excluding ortho intramolecular Hbond substituents is 1. The molecular weight excluding hydrogens is 302 g/mol. The van der Waals surface area contributed by atoms with Crippen LogP contribution in [0, 0.1) is 0 Å². The van der Waals surface area contributed by atoms with Crippen molar-refractivity contribution in [3.8, 4) is 11.5 Å². The summed E-state index contributed by atoms with van der Waals surface area (Å²) in [6.07, 6.45) is 8.15. The largest absolute Gasteiger partial charge is 0.503 e. The van der Waals surface area contributed by atoms with Crippen molar-refractivity contribution in [2.45, 2.75) is 57.9 Å². The summed E-state index contributed by atoms with van der Waals surface area (Å²) < 4.78 is 5.32. The zero-order valence-electron chi connectivity index (χ0n) is 13.0. The Kier molecular flexibility index (Phi) is 6.37. The number of carbonyl (C=O) groups is 1. The first-order valence-electron chi connectivity index (χ1n) is 8.08. The fourth-order valence-corrected chi connectivity index (χ4v) is 3.05. The van der Waals surface area contributed by atoms with Crippen LogP contribution < -0.4 is 10.1 Å². The van der Waals surface area contributed by atoms with E-state index in [0.29, 0.717) is 12.2 Å². The summed E-state index contributed by atoms with van der Waals surface area (Å²) in [5.41, 5.74) is 0.424. The lowest BCUT2D eigenvalue weighted by Gasteiger charge is -2.21. The van der Waals surface area contributed by atoms with Gasteiger partial charge in [-0.15, -0.1) is 0 Å². The zero-order valence-corrected chi connectivity index (χ0v) is 13.8. The molecule has 0 bridgehead atoms. The number of ether oxygens (including phenoxy) is 1. The van der Waals surface area contributed by atoms with Crippen molar-refractivity contribution in [2.24, 2.45) is 0 Å². The van der Waals surface area contributed by atoms with Crippen LogP contribution in [-0.2, 0) is 0 Å². The number of hydrogen-bond acceptors (Lipinski definition) is 3. The van der Waals surface area contributed by atoms with Crippen molar-refractivity contribution in [2.75, 3.05) is 6.61 Å². The first-order chi connectivity index (χ1) is 10.6. The molecule has 1 amide bonds. The second kappa shape index (κ2) is 8.28. The van der Waals surface area contributed by atoms with Gasteiger partial charge in [0.2, 0.25) is 0 Å². The maximum Gasteiger partial charge on any atom is 0.251 e. The van der Waals surface area contributed by atoms with Crippen LogP contribution in [-0.4, -0.2) is 23.7 Å². The van der Waals surface area contributed by atoms with E-state index < -0.39 is 0 Å². The lowest BCUT2D eigenvalue weighted by atomic mass is 9.96. The van der Waals surface area contributed by atoms with E-state index >= 15 is 0 Å². The molecule has 0 spiro atoms. The Balaban J connectivity index is 2.07. The van der Waals surface area contributed by atoms with Gasteiger partial charge in [0.1, 0.15) is 0 Å². The van der Waals surface area contributed by atoms with Crippen LogP contribution in [0.5, 0.6) is 11.5 Å². The van der Waals surface area contributed by atoms with E-state index in [-0.39, 0.29) is 28.5 Å². The summed E-state index contributed by atoms with van der Waals surface area (Å²) in [6, 6.07) is 3.25. The normalized spacial score (nSPS) is 16.6. The Hall–Kier alpha value is -1.42. The highest BCUT2D eigenvalue weighted by atomic mass is 35.5. The quantitative estimate of drug-likeness (QED) is 0.868. The van der Waals surface area contributed by atoms with Crippen molar-refractivity contribution in [1.82, 2.24) is 5.32 Å². The number of hydrogen-bond donors (Lipinski definition) is 2. The van der Waals surface area contributed by atoms with E-state index in [1.165, 1.54) is 25.3 Å². The molecule has 4 nitrogen and oxygen atoms in total. The Labute approximate surface area is 136 Å². The molecule has 1 aromatic carbocycles. The van der Waals surface area contributed by atoms with Crippen LogP contribution in [0.4, 0.5) is 0 Å². The number of rotatable bonds is 4. The first kappa shape index (κ1) is 16.9. The van der Waals surface area contributed by atoms with E-state index in [2.05, 4.69) is 5.32 Å². The number of phenols is 1. The summed E-state index contributed by atoms with van der Waals surface area (Å²) in [5, 5.41) is 13.1. The SMILES string of the molecule is CCOc1cc(C(=O)NC2CCCCCCC2)cc(Cl)c1O. The summed E-state index contributed by atoms with van der Waals surface area (Å²) in [4.78, 5) is 12.4. The van der Waals surface area contributed by atoms with E-state index in [9.17, 15) is 9.90 Å². The van der Waals surface area contributed by atoms with Gasteiger partial charge in [-0.1, -0.05) is 43.7 Å². The molecule has 1 saturated carbocycles. The molecule has 22 heavy (non-hydrogen) atoms. The zero-order chi connectivity index (χ0) is 15.9. The number of nitrogens with one attached hydrogen (secondary N) is 1. The summed E-state index contributed by atoms with van der Waals surface area (Å²) in [5.74, 6) is -0.0303. The fourth-order valence-electron chi connectivity index (χ4n) is 2.84. The van der Waals surface area contributed by atoms with Crippen LogP contribution in [0.3, 0.4) is 0 Å². The number of amides is 1. The molecule has 2 N–H and O–H groups in total. The molecule has 0 radical (unpaired) electrons. The van der Waals surface area contributed by atoms with E-state index in [1.54, 1.807) is 6.07 Å². The molecule has 1 aliphatic rings. The van der Waals surface area contributed by atoms with Gasteiger partial charge < -0.3 is 15.2 Å². The molecule has 0 aliphatic heterocycles. The lowest BCUT2D eigenvalue weighted by molar-refractivity contribution is 0.0930. The van der Waals surface area contributed by atoms with E-state index in [1.807, 2.05) is 6.92 Å². The first-order valence-corrected chi connectivity index (χ1v) is 8.45. The van der Waals surface area contributed by atoms with Gasteiger partial charge in [-0.3, -0.25) is 4.79 Å². The van der Waals surface area contributed by atoms with Gasteiger partial charge in [-0.25, -0.2) is 0 Å². The van der Waals surface area contributed by atoms with Crippen molar-refractivity contribution in [3.63, 3.8) is 0 Å². The maximum absolute atomic E-state index is 12.4. The monoisotopic (exact) mass is 325 g/mol. The lowest BCUT2D eigenvalue weighted by Crippen LogP contribution is -2.35. The molecule has 0 saturated heterocycles. The average molecular weight is 326 g/mol. The predicted molar refractivity (Wildman–Crippen MR) is 87.9 cm³/mol. The highest BCUT2D eigenvalue weighted by Gasteiger charge is 2.18. The van der Waals surface area contributed by atoms with Crippen molar-refractivity contribution >= 4 is 17.5 Å². The van der Waals surface area contributed by atoms with Crippen LogP contribution in [0.2, 0.25) is 5.02 Å².